The van der Waals surface area contributed by atoms with E-state index < -0.39 is 11.5 Å². The molecule has 0 fully saturated rings. The van der Waals surface area contributed by atoms with Crippen LogP contribution in [0.4, 0.5) is 11.4 Å². The number of carboxylic acids is 1. The standard InChI is InChI=1S/C19H16ClN3O4/c1-11-8-14(6-7-15(11)20)27-16-10-21-23(2)18(24)17(16)22-13-5-3-4-12(9-13)19(25)26/h3-10,22H,1-2H3,(H,25,26)/p-1. The fourth-order valence-corrected chi connectivity index (χ4v) is 2.51. The van der Waals surface area contributed by atoms with Crippen LogP contribution in [0, 0.1) is 6.92 Å². The van der Waals surface area contributed by atoms with Crippen LogP contribution < -0.4 is 20.7 Å². The molecule has 3 aromatic rings. The number of nitrogens with zero attached hydrogens (tertiary/aromatic N) is 2. The number of anilines is 2. The number of hydrogen-bond acceptors (Lipinski definition) is 6. The summed E-state index contributed by atoms with van der Waals surface area (Å²) in [5.74, 6) is -0.633. The number of aromatic carboxylic acids is 1. The quantitative estimate of drug-likeness (QED) is 0.726. The van der Waals surface area contributed by atoms with Gasteiger partial charge >= 0.3 is 0 Å². The number of aromatic nitrogens is 2. The van der Waals surface area contributed by atoms with E-state index >= 15 is 0 Å². The summed E-state index contributed by atoms with van der Waals surface area (Å²) in [6, 6.07) is 11.0. The highest BCUT2D eigenvalue weighted by molar-refractivity contribution is 6.31. The van der Waals surface area contributed by atoms with Gasteiger partial charge in [-0.2, -0.15) is 5.10 Å². The van der Waals surface area contributed by atoms with Crippen molar-refractivity contribution in [1.29, 1.82) is 0 Å². The molecule has 1 aromatic heterocycles. The van der Waals surface area contributed by atoms with Crippen LogP contribution in [0.5, 0.6) is 11.5 Å². The Balaban J connectivity index is 2.00. The lowest BCUT2D eigenvalue weighted by Gasteiger charge is -2.14. The van der Waals surface area contributed by atoms with Crippen molar-refractivity contribution in [3.05, 3.63) is 75.2 Å². The van der Waals surface area contributed by atoms with E-state index in [0.717, 1.165) is 10.2 Å². The Morgan fingerprint density at radius 2 is 2.04 bits per heavy atom. The van der Waals surface area contributed by atoms with Crippen LogP contribution in [0.3, 0.4) is 0 Å². The lowest BCUT2D eigenvalue weighted by Crippen LogP contribution is -2.23. The molecule has 0 saturated carbocycles. The number of halogens is 1. The highest BCUT2D eigenvalue weighted by Gasteiger charge is 2.13. The van der Waals surface area contributed by atoms with Gasteiger partial charge in [-0.05, 0) is 48.4 Å². The summed E-state index contributed by atoms with van der Waals surface area (Å²) in [7, 11) is 1.50. The van der Waals surface area contributed by atoms with Crippen molar-refractivity contribution in [2.75, 3.05) is 5.32 Å². The second-order valence-corrected chi connectivity index (χ2v) is 6.23. The molecule has 1 heterocycles. The highest BCUT2D eigenvalue weighted by Crippen LogP contribution is 2.30. The maximum Gasteiger partial charge on any atom is 0.294 e. The largest absolute Gasteiger partial charge is 0.545 e. The molecule has 0 unspecified atom stereocenters. The molecule has 1 N–H and O–H groups in total. The van der Waals surface area contributed by atoms with Crippen molar-refractivity contribution in [2.45, 2.75) is 6.92 Å². The molecule has 27 heavy (non-hydrogen) atoms. The number of carbonyl (C=O) groups excluding carboxylic acids is 1. The van der Waals surface area contributed by atoms with E-state index in [0.29, 0.717) is 16.5 Å². The third-order valence-electron chi connectivity index (χ3n) is 3.83. The molecule has 0 bridgehead atoms. The smallest absolute Gasteiger partial charge is 0.294 e. The number of ether oxygens (including phenoxy) is 1. The zero-order valence-electron chi connectivity index (χ0n) is 14.5. The average Bonchev–Trinajstić information content (AvgIpc) is 2.64. The maximum atomic E-state index is 12.5. The van der Waals surface area contributed by atoms with Gasteiger partial charge < -0.3 is 20.0 Å². The lowest BCUT2D eigenvalue weighted by molar-refractivity contribution is -0.255. The van der Waals surface area contributed by atoms with Crippen LogP contribution in [0.1, 0.15) is 15.9 Å². The molecule has 3 rings (SSSR count). The molecule has 8 heteroatoms. The summed E-state index contributed by atoms with van der Waals surface area (Å²) in [6.45, 7) is 1.84. The third kappa shape index (κ3) is 4.09. The van der Waals surface area contributed by atoms with Crippen LogP contribution in [0.15, 0.2) is 53.5 Å². The van der Waals surface area contributed by atoms with E-state index in [2.05, 4.69) is 10.4 Å². The maximum absolute atomic E-state index is 12.5. The molecular formula is C19H15ClN3O4-. The summed E-state index contributed by atoms with van der Waals surface area (Å²) in [6.07, 6.45) is 1.40. The van der Waals surface area contributed by atoms with Crippen LogP contribution in [-0.2, 0) is 7.05 Å². The van der Waals surface area contributed by atoms with Gasteiger partial charge in [0.25, 0.3) is 5.56 Å². The zero-order chi connectivity index (χ0) is 19.6. The molecule has 0 amide bonds. The fraction of sp³-hybridized carbons (Fsp3) is 0.105. The molecule has 0 atom stereocenters. The first kappa shape index (κ1) is 18.5. The average molecular weight is 385 g/mol. The first-order chi connectivity index (χ1) is 12.8. The number of hydrogen-bond donors (Lipinski definition) is 1. The van der Waals surface area contributed by atoms with Crippen molar-refractivity contribution < 1.29 is 14.6 Å². The monoisotopic (exact) mass is 384 g/mol. The lowest BCUT2D eigenvalue weighted by atomic mass is 10.2. The Morgan fingerprint density at radius 3 is 2.74 bits per heavy atom. The van der Waals surface area contributed by atoms with Crippen LogP contribution in [0.25, 0.3) is 0 Å². The Labute approximate surface area is 159 Å². The summed E-state index contributed by atoms with van der Waals surface area (Å²) < 4.78 is 6.95. The van der Waals surface area contributed by atoms with Gasteiger partial charge in [-0.1, -0.05) is 23.7 Å². The molecular weight excluding hydrogens is 370 g/mol. The molecule has 0 aliphatic rings. The van der Waals surface area contributed by atoms with E-state index in [9.17, 15) is 14.7 Å². The minimum absolute atomic E-state index is 0.0123. The van der Waals surface area contributed by atoms with Gasteiger partial charge in [0, 0.05) is 17.8 Å². The van der Waals surface area contributed by atoms with Crippen molar-refractivity contribution in [2.24, 2.45) is 7.05 Å². The zero-order valence-corrected chi connectivity index (χ0v) is 15.3. The number of carboxylic acid groups (broad SMARTS) is 1. The van der Waals surface area contributed by atoms with Crippen LogP contribution in [-0.4, -0.2) is 15.7 Å². The number of rotatable bonds is 5. The van der Waals surface area contributed by atoms with E-state index in [1.165, 1.54) is 25.4 Å². The van der Waals surface area contributed by atoms with Gasteiger partial charge in [0.05, 0.1) is 12.2 Å². The van der Waals surface area contributed by atoms with Gasteiger partial charge in [0.2, 0.25) is 0 Å². The molecule has 0 aliphatic carbocycles. The fourth-order valence-electron chi connectivity index (χ4n) is 2.39. The number of benzene rings is 2. The molecule has 0 spiro atoms. The molecule has 138 valence electrons. The summed E-state index contributed by atoms with van der Waals surface area (Å²) in [5, 5.41) is 18.5. The Kier molecular flexibility index (Phi) is 5.14. The van der Waals surface area contributed by atoms with E-state index in [1.807, 2.05) is 6.92 Å². The second-order valence-electron chi connectivity index (χ2n) is 5.82. The summed E-state index contributed by atoms with van der Waals surface area (Å²) in [4.78, 5) is 23.6. The Morgan fingerprint density at radius 1 is 1.26 bits per heavy atom. The van der Waals surface area contributed by atoms with Gasteiger partial charge in [0.1, 0.15) is 5.75 Å². The molecule has 0 saturated heterocycles. The predicted molar refractivity (Wildman–Crippen MR) is 99.8 cm³/mol. The number of aryl methyl sites for hydroxylation is 2. The minimum Gasteiger partial charge on any atom is -0.545 e. The minimum atomic E-state index is -1.31. The van der Waals surface area contributed by atoms with Crippen LogP contribution >= 0.6 is 11.6 Å². The first-order valence-electron chi connectivity index (χ1n) is 7.94. The third-order valence-corrected chi connectivity index (χ3v) is 4.25. The number of nitrogens with one attached hydrogen (secondary N) is 1. The van der Waals surface area contributed by atoms with Crippen LogP contribution in [0.2, 0.25) is 5.02 Å². The van der Waals surface area contributed by atoms with Gasteiger partial charge in [-0.3, -0.25) is 4.79 Å². The highest BCUT2D eigenvalue weighted by atomic mass is 35.5. The van der Waals surface area contributed by atoms with E-state index in [1.54, 1.807) is 30.3 Å². The molecule has 7 nitrogen and oxygen atoms in total. The molecule has 0 aliphatic heterocycles. The normalized spacial score (nSPS) is 10.5. The van der Waals surface area contributed by atoms with Crippen molar-refractivity contribution in [3.63, 3.8) is 0 Å². The summed E-state index contributed by atoms with van der Waals surface area (Å²) in [5.41, 5.74) is 0.897. The topological polar surface area (TPSA) is 96.3 Å². The van der Waals surface area contributed by atoms with E-state index in [-0.39, 0.29) is 17.0 Å². The van der Waals surface area contributed by atoms with Crippen molar-refractivity contribution >= 4 is 28.9 Å². The SMILES string of the molecule is Cc1cc(Oc2cnn(C)c(=O)c2Nc2cccc(C(=O)[O-])c2)ccc1Cl. The van der Waals surface area contributed by atoms with Gasteiger partial charge in [-0.15, -0.1) is 0 Å². The first-order valence-corrected chi connectivity index (χ1v) is 8.31. The van der Waals surface area contributed by atoms with Gasteiger partial charge in [0.15, 0.2) is 11.4 Å². The molecule has 0 radical (unpaired) electrons. The Bertz CT molecular complexity index is 1080. The van der Waals surface area contributed by atoms with Crippen molar-refractivity contribution in [1.82, 2.24) is 9.78 Å². The Hall–Kier alpha value is -3.32. The summed E-state index contributed by atoms with van der Waals surface area (Å²) >= 11 is 6.02. The molecule has 2 aromatic carbocycles. The van der Waals surface area contributed by atoms with Gasteiger partial charge in [-0.25, -0.2) is 4.68 Å². The van der Waals surface area contributed by atoms with Crippen molar-refractivity contribution in [3.8, 4) is 11.5 Å². The van der Waals surface area contributed by atoms with E-state index in [4.69, 9.17) is 16.3 Å². The predicted octanol–water partition coefficient (Wildman–Crippen LogP) is 2.64. The number of carbonyl (C=O) groups is 1. The second kappa shape index (κ2) is 7.51.